The van der Waals surface area contributed by atoms with Crippen molar-refractivity contribution in [3.05, 3.63) is 58.0 Å². The van der Waals surface area contributed by atoms with Gasteiger partial charge in [-0.3, -0.25) is 9.59 Å². The molecule has 2 aromatic rings. The van der Waals surface area contributed by atoms with Gasteiger partial charge in [-0.1, -0.05) is 32.9 Å². The fraction of sp³-hybridized carbons (Fsp3) is 0.400. The van der Waals surface area contributed by atoms with Gasteiger partial charge in [-0.15, -0.1) is 11.8 Å². The molecule has 0 aliphatic rings. The molecule has 2 rings (SSSR count). The molecule has 0 radical (unpaired) electrons. The molecule has 0 unspecified atom stereocenters. The molecule has 0 saturated heterocycles. The molecular formula is C20H26N2O3S. The highest BCUT2D eigenvalue weighted by Crippen LogP contribution is 2.13. The van der Waals surface area contributed by atoms with Crippen LogP contribution in [0.5, 0.6) is 5.75 Å². The van der Waals surface area contributed by atoms with E-state index in [9.17, 15) is 9.59 Å². The number of rotatable bonds is 9. The number of benzene rings is 1. The van der Waals surface area contributed by atoms with E-state index in [2.05, 4.69) is 17.2 Å². The number of aryl methyl sites for hydroxylation is 1. The molecule has 0 saturated carbocycles. The van der Waals surface area contributed by atoms with Crippen LogP contribution in [0.4, 0.5) is 5.69 Å². The summed E-state index contributed by atoms with van der Waals surface area (Å²) in [7, 11) is 0. The summed E-state index contributed by atoms with van der Waals surface area (Å²) in [5.74, 6) is 1.52. The highest BCUT2D eigenvalue weighted by atomic mass is 32.2. The molecule has 0 aliphatic carbocycles. The van der Waals surface area contributed by atoms with Gasteiger partial charge in [-0.05, 0) is 30.0 Å². The fourth-order valence-corrected chi connectivity index (χ4v) is 2.97. The predicted octanol–water partition coefficient (Wildman–Crippen LogP) is 3.84. The van der Waals surface area contributed by atoms with E-state index in [1.165, 1.54) is 23.4 Å². The first-order valence-electron chi connectivity index (χ1n) is 8.79. The van der Waals surface area contributed by atoms with Gasteiger partial charge in [0.15, 0.2) is 5.75 Å². The maximum atomic E-state index is 12.0. The van der Waals surface area contributed by atoms with E-state index in [1.807, 2.05) is 38.1 Å². The maximum absolute atomic E-state index is 12.0. The Hall–Kier alpha value is -2.21. The first-order chi connectivity index (χ1) is 12.5. The van der Waals surface area contributed by atoms with Crippen LogP contribution in [0.25, 0.3) is 0 Å². The summed E-state index contributed by atoms with van der Waals surface area (Å²) < 4.78 is 5.46. The molecule has 26 heavy (non-hydrogen) atoms. The van der Waals surface area contributed by atoms with E-state index in [4.69, 9.17) is 4.74 Å². The molecule has 0 fully saturated rings. The average molecular weight is 375 g/mol. The molecule has 0 atom stereocenters. The maximum Gasteiger partial charge on any atom is 0.234 e. The Balaban J connectivity index is 1.78. The number of thioether (sulfide) groups is 1. The highest BCUT2D eigenvalue weighted by Gasteiger charge is 2.06. The number of hydrogen-bond acceptors (Lipinski definition) is 4. The minimum Gasteiger partial charge on any atom is -0.488 e. The minimum atomic E-state index is -0.138. The molecule has 140 valence electrons. The Kier molecular flexibility index (Phi) is 7.78. The molecule has 0 aliphatic heterocycles. The Morgan fingerprint density at radius 2 is 2.00 bits per heavy atom. The monoisotopic (exact) mass is 374 g/mol. The third kappa shape index (κ3) is 6.59. The van der Waals surface area contributed by atoms with Crippen molar-refractivity contribution in [1.29, 1.82) is 0 Å². The zero-order valence-corrected chi connectivity index (χ0v) is 16.3. The molecule has 6 heteroatoms. The van der Waals surface area contributed by atoms with Gasteiger partial charge in [0.05, 0.1) is 12.4 Å². The number of nitrogens with one attached hydrogen (secondary N) is 2. The van der Waals surface area contributed by atoms with E-state index >= 15 is 0 Å². The second-order valence-electron chi connectivity index (χ2n) is 6.48. The Labute approximate surface area is 158 Å². The van der Waals surface area contributed by atoms with E-state index in [0.29, 0.717) is 29.8 Å². The second-order valence-corrected chi connectivity index (χ2v) is 7.47. The SMILES string of the molecule is CCc1ccc(NC(=O)CSCc2cc(=O)c(OCC(C)C)c[nH]2)cc1. The second kappa shape index (κ2) is 10.1. The summed E-state index contributed by atoms with van der Waals surface area (Å²) in [6, 6.07) is 9.38. The number of anilines is 1. The summed E-state index contributed by atoms with van der Waals surface area (Å²) in [5, 5.41) is 2.88. The van der Waals surface area contributed by atoms with Crippen molar-refractivity contribution in [1.82, 2.24) is 4.98 Å². The van der Waals surface area contributed by atoms with Crippen molar-refractivity contribution in [3.63, 3.8) is 0 Å². The molecule has 1 heterocycles. The van der Waals surface area contributed by atoms with E-state index in [-0.39, 0.29) is 11.3 Å². The zero-order chi connectivity index (χ0) is 18.9. The quantitative estimate of drug-likeness (QED) is 0.699. The topological polar surface area (TPSA) is 71.2 Å². The number of aromatic amines is 1. The fourth-order valence-electron chi connectivity index (χ4n) is 2.23. The summed E-state index contributed by atoms with van der Waals surface area (Å²) in [6.07, 6.45) is 2.57. The Morgan fingerprint density at radius 1 is 1.27 bits per heavy atom. The highest BCUT2D eigenvalue weighted by molar-refractivity contribution is 7.99. The van der Waals surface area contributed by atoms with E-state index < -0.39 is 0 Å². The summed E-state index contributed by atoms with van der Waals surface area (Å²) in [6.45, 7) is 6.67. The van der Waals surface area contributed by atoms with Crippen LogP contribution in [0.2, 0.25) is 0 Å². The van der Waals surface area contributed by atoms with Gasteiger partial charge in [0.2, 0.25) is 11.3 Å². The molecule has 0 spiro atoms. The van der Waals surface area contributed by atoms with E-state index in [0.717, 1.165) is 17.8 Å². The Bertz CT molecular complexity index is 769. The molecule has 5 nitrogen and oxygen atoms in total. The van der Waals surface area contributed by atoms with Gasteiger partial charge in [0.1, 0.15) is 0 Å². The standard InChI is InChI=1S/C20H26N2O3S/c1-4-15-5-7-16(8-6-15)22-20(24)13-26-12-17-9-18(23)19(10-21-17)25-11-14(2)3/h5-10,14H,4,11-13H2,1-3H3,(H,21,23)(H,22,24). The third-order valence-corrected chi connectivity index (χ3v) is 4.63. The zero-order valence-electron chi connectivity index (χ0n) is 15.5. The average Bonchev–Trinajstić information content (AvgIpc) is 2.61. The van der Waals surface area contributed by atoms with Crippen LogP contribution in [-0.2, 0) is 17.0 Å². The molecule has 1 aromatic carbocycles. The largest absolute Gasteiger partial charge is 0.488 e. The lowest BCUT2D eigenvalue weighted by atomic mass is 10.1. The van der Waals surface area contributed by atoms with Crippen LogP contribution in [0.3, 0.4) is 0 Å². The lowest BCUT2D eigenvalue weighted by Crippen LogP contribution is -2.15. The van der Waals surface area contributed by atoms with Gasteiger partial charge in [-0.25, -0.2) is 0 Å². The van der Waals surface area contributed by atoms with Gasteiger partial charge < -0.3 is 15.0 Å². The predicted molar refractivity (Wildman–Crippen MR) is 108 cm³/mol. The number of carbonyl (C=O) groups is 1. The molecule has 1 aromatic heterocycles. The lowest BCUT2D eigenvalue weighted by Gasteiger charge is -2.09. The van der Waals surface area contributed by atoms with Crippen LogP contribution in [0, 0.1) is 5.92 Å². The summed E-state index contributed by atoms with van der Waals surface area (Å²) in [4.78, 5) is 27.1. The number of hydrogen-bond donors (Lipinski definition) is 2. The van der Waals surface area contributed by atoms with Gasteiger partial charge in [0.25, 0.3) is 0 Å². The van der Waals surface area contributed by atoms with Crippen molar-refractivity contribution >= 4 is 23.4 Å². The number of H-pyrrole nitrogens is 1. The van der Waals surface area contributed by atoms with Gasteiger partial charge in [0, 0.05) is 29.4 Å². The van der Waals surface area contributed by atoms with Gasteiger partial charge in [-0.2, -0.15) is 0 Å². The number of pyridine rings is 1. The summed E-state index contributed by atoms with van der Waals surface area (Å²) in [5.41, 5.74) is 2.67. The molecular weight excluding hydrogens is 348 g/mol. The molecule has 2 N–H and O–H groups in total. The van der Waals surface area contributed by atoms with Crippen molar-refractivity contribution in [2.75, 3.05) is 17.7 Å². The van der Waals surface area contributed by atoms with Crippen LogP contribution < -0.4 is 15.5 Å². The van der Waals surface area contributed by atoms with Crippen molar-refractivity contribution < 1.29 is 9.53 Å². The lowest BCUT2D eigenvalue weighted by molar-refractivity contribution is -0.113. The number of carbonyl (C=O) groups excluding carboxylic acids is 1. The summed E-state index contributed by atoms with van der Waals surface area (Å²) >= 11 is 1.45. The first kappa shape index (κ1) is 20.1. The van der Waals surface area contributed by atoms with E-state index in [1.54, 1.807) is 6.20 Å². The van der Waals surface area contributed by atoms with Gasteiger partial charge >= 0.3 is 0 Å². The molecule has 0 bridgehead atoms. The van der Waals surface area contributed by atoms with Crippen molar-refractivity contribution in [2.24, 2.45) is 5.92 Å². The van der Waals surface area contributed by atoms with Crippen LogP contribution >= 0.6 is 11.8 Å². The van der Waals surface area contributed by atoms with Crippen molar-refractivity contribution in [3.8, 4) is 5.75 Å². The Morgan fingerprint density at radius 3 is 2.62 bits per heavy atom. The number of aromatic nitrogens is 1. The third-order valence-electron chi connectivity index (χ3n) is 3.65. The van der Waals surface area contributed by atoms with Crippen LogP contribution in [0.15, 0.2) is 41.3 Å². The smallest absolute Gasteiger partial charge is 0.234 e. The first-order valence-corrected chi connectivity index (χ1v) is 9.94. The normalized spacial score (nSPS) is 10.8. The van der Waals surface area contributed by atoms with Crippen LogP contribution in [-0.4, -0.2) is 23.3 Å². The van der Waals surface area contributed by atoms with Crippen molar-refractivity contribution in [2.45, 2.75) is 32.9 Å². The number of ether oxygens (including phenoxy) is 1. The molecule has 1 amide bonds. The van der Waals surface area contributed by atoms with Crippen LogP contribution in [0.1, 0.15) is 32.0 Å². The number of amides is 1. The minimum absolute atomic E-state index is 0.0570.